The van der Waals surface area contributed by atoms with Crippen molar-refractivity contribution in [1.82, 2.24) is 5.32 Å². The van der Waals surface area contributed by atoms with Crippen molar-refractivity contribution in [2.75, 3.05) is 7.05 Å². The van der Waals surface area contributed by atoms with Crippen LogP contribution in [0.4, 0.5) is 4.39 Å². The summed E-state index contributed by atoms with van der Waals surface area (Å²) < 4.78 is 13.3. The van der Waals surface area contributed by atoms with E-state index >= 15 is 0 Å². The number of halogens is 1. The lowest BCUT2D eigenvalue weighted by Gasteiger charge is -2.18. The quantitative estimate of drug-likeness (QED) is 0.660. The van der Waals surface area contributed by atoms with E-state index in [1.165, 1.54) is 0 Å². The summed E-state index contributed by atoms with van der Waals surface area (Å²) in [4.78, 5) is 0. The van der Waals surface area contributed by atoms with E-state index in [4.69, 9.17) is 0 Å². The third kappa shape index (κ3) is 2.52. The van der Waals surface area contributed by atoms with Gasteiger partial charge in [-0.2, -0.15) is 0 Å². The Morgan fingerprint density at radius 1 is 1.62 bits per heavy atom. The van der Waals surface area contributed by atoms with Gasteiger partial charge in [-0.1, -0.05) is 18.2 Å². The van der Waals surface area contributed by atoms with Gasteiger partial charge < -0.3 is 5.32 Å². The summed E-state index contributed by atoms with van der Waals surface area (Å²) in [6.45, 7) is 1.95. The fraction of sp³-hybridized carbons (Fsp3) is 0.455. The predicted octanol–water partition coefficient (Wildman–Crippen LogP) is 2.72. The molecule has 0 saturated carbocycles. The average Bonchev–Trinajstić information content (AvgIpc) is 2.16. The van der Waals surface area contributed by atoms with Crippen molar-refractivity contribution in [2.45, 2.75) is 25.8 Å². The fourth-order valence-electron chi connectivity index (χ4n) is 1.54. The standard InChI is InChI=1S/C11H16FN/c1-3-6-11(13-2)9-7-4-5-8-10(9)12/h3,5-6,8,11,13H,4,7H2,1-2H3/b6-3-. The molecule has 2 heteroatoms. The van der Waals surface area contributed by atoms with Crippen LogP contribution in [0.25, 0.3) is 0 Å². The lowest BCUT2D eigenvalue weighted by atomic mass is 9.97. The van der Waals surface area contributed by atoms with Gasteiger partial charge in [0.15, 0.2) is 0 Å². The van der Waals surface area contributed by atoms with E-state index in [-0.39, 0.29) is 11.9 Å². The van der Waals surface area contributed by atoms with Crippen LogP contribution in [0.1, 0.15) is 19.8 Å². The molecule has 1 rings (SSSR count). The summed E-state index contributed by atoms with van der Waals surface area (Å²) in [6.07, 6.45) is 9.12. The monoisotopic (exact) mass is 181 g/mol. The second-order valence-electron chi connectivity index (χ2n) is 3.11. The summed E-state index contributed by atoms with van der Waals surface area (Å²) >= 11 is 0. The van der Waals surface area contributed by atoms with Crippen molar-refractivity contribution >= 4 is 0 Å². The Morgan fingerprint density at radius 2 is 2.38 bits per heavy atom. The van der Waals surface area contributed by atoms with Gasteiger partial charge in [-0.05, 0) is 38.5 Å². The summed E-state index contributed by atoms with van der Waals surface area (Å²) in [5, 5.41) is 3.08. The number of hydrogen-bond acceptors (Lipinski definition) is 1. The molecule has 0 spiro atoms. The topological polar surface area (TPSA) is 12.0 Å². The van der Waals surface area contributed by atoms with E-state index in [1.807, 2.05) is 32.2 Å². The minimum absolute atomic E-state index is 0.0509. The summed E-state index contributed by atoms with van der Waals surface area (Å²) in [5.74, 6) is -0.0799. The van der Waals surface area contributed by atoms with Gasteiger partial charge in [0.2, 0.25) is 0 Å². The first-order valence-electron chi connectivity index (χ1n) is 4.64. The summed E-state index contributed by atoms with van der Waals surface area (Å²) in [6, 6.07) is 0.0509. The Bertz CT molecular complexity index is 251. The molecule has 0 aromatic heterocycles. The van der Waals surface area contributed by atoms with Crippen molar-refractivity contribution in [2.24, 2.45) is 0 Å². The molecule has 0 amide bonds. The zero-order valence-corrected chi connectivity index (χ0v) is 8.18. The summed E-state index contributed by atoms with van der Waals surface area (Å²) in [7, 11) is 1.85. The van der Waals surface area contributed by atoms with Crippen LogP contribution in [0.5, 0.6) is 0 Å². The Balaban J connectivity index is 2.83. The SMILES string of the molecule is C/C=C\C(NC)C1=C(F)C=CCC1. The van der Waals surface area contributed by atoms with Gasteiger partial charge in [0.1, 0.15) is 5.83 Å². The third-order valence-corrected chi connectivity index (χ3v) is 2.22. The number of hydrogen-bond donors (Lipinski definition) is 1. The van der Waals surface area contributed by atoms with Crippen molar-refractivity contribution in [1.29, 1.82) is 0 Å². The molecule has 0 radical (unpaired) electrons. The number of nitrogens with one attached hydrogen (secondary N) is 1. The van der Waals surface area contributed by atoms with Crippen LogP contribution in [0.15, 0.2) is 35.7 Å². The first kappa shape index (κ1) is 10.2. The maximum Gasteiger partial charge on any atom is 0.123 e. The number of likely N-dealkylation sites (N-methyl/N-ethyl adjacent to an activating group) is 1. The highest BCUT2D eigenvalue weighted by molar-refractivity contribution is 5.30. The Labute approximate surface area is 79.0 Å². The highest BCUT2D eigenvalue weighted by Gasteiger charge is 2.14. The zero-order chi connectivity index (χ0) is 9.68. The van der Waals surface area contributed by atoms with Gasteiger partial charge in [0.05, 0.1) is 0 Å². The van der Waals surface area contributed by atoms with E-state index in [1.54, 1.807) is 6.08 Å². The first-order chi connectivity index (χ1) is 6.29. The van der Waals surface area contributed by atoms with Crippen molar-refractivity contribution in [3.05, 3.63) is 35.7 Å². The number of rotatable bonds is 3. The fourth-order valence-corrected chi connectivity index (χ4v) is 1.54. The van der Waals surface area contributed by atoms with Crippen LogP contribution in [-0.2, 0) is 0 Å². The molecule has 13 heavy (non-hydrogen) atoms. The van der Waals surface area contributed by atoms with Gasteiger partial charge in [-0.25, -0.2) is 4.39 Å². The summed E-state index contributed by atoms with van der Waals surface area (Å²) in [5.41, 5.74) is 0.864. The molecule has 1 aliphatic rings. The molecule has 0 heterocycles. The number of allylic oxidation sites excluding steroid dienone is 4. The van der Waals surface area contributed by atoms with E-state index in [0.29, 0.717) is 0 Å². The van der Waals surface area contributed by atoms with Crippen molar-refractivity contribution < 1.29 is 4.39 Å². The highest BCUT2D eigenvalue weighted by Crippen LogP contribution is 2.23. The van der Waals surface area contributed by atoms with E-state index in [2.05, 4.69) is 5.32 Å². The Hall–Kier alpha value is -0.890. The molecular weight excluding hydrogens is 165 g/mol. The molecule has 0 fully saturated rings. The Kier molecular flexibility index (Phi) is 3.90. The molecule has 0 aromatic rings. The predicted molar refractivity (Wildman–Crippen MR) is 54.2 cm³/mol. The van der Waals surface area contributed by atoms with Gasteiger partial charge >= 0.3 is 0 Å². The molecule has 0 aromatic carbocycles. The molecule has 1 aliphatic carbocycles. The van der Waals surface area contributed by atoms with E-state index in [9.17, 15) is 4.39 Å². The van der Waals surface area contributed by atoms with Crippen LogP contribution in [-0.4, -0.2) is 13.1 Å². The normalized spacial score (nSPS) is 19.9. The lowest BCUT2D eigenvalue weighted by molar-refractivity contribution is 0.598. The smallest absolute Gasteiger partial charge is 0.123 e. The van der Waals surface area contributed by atoms with E-state index in [0.717, 1.165) is 18.4 Å². The van der Waals surface area contributed by atoms with Gasteiger partial charge in [0, 0.05) is 6.04 Å². The molecule has 1 atom stereocenters. The van der Waals surface area contributed by atoms with Gasteiger partial charge in [0.25, 0.3) is 0 Å². The minimum Gasteiger partial charge on any atom is -0.310 e. The van der Waals surface area contributed by atoms with Crippen LogP contribution < -0.4 is 5.32 Å². The van der Waals surface area contributed by atoms with Crippen LogP contribution in [0.2, 0.25) is 0 Å². The average molecular weight is 181 g/mol. The van der Waals surface area contributed by atoms with Gasteiger partial charge in [-0.3, -0.25) is 0 Å². The molecular formula is C11H16FN. The zero-order valence-electron chi connectivity index (χ0n) is 8.18. The molecule has 1 unspecified atom stereocenters. The van der Waals surface area contributed by atoms with Crippen molar-refractivity contribution in [3.63, 3.8) is 0 Å². The highest BCUT2D eigenvalue weighted by atomic mass is 19.1. The van der Waals surface area contributed by atoms with Gasteiger partial charge in [-0.15, -0.1) is 0 Å². The molecule has 72 valence electrons. The Morgan fingerprint density at radius 3 is 2.92 bits per heavy atom. The second kappa shape index (κ2) is 4.97. The molecule has 1 N–H and O–H groups in total. The first-order valence-corrected chi connectivity index (χ1v) is 4.64. The molecule has 1 nitrogen and oxygen atoms in total. The minimum atomic E-state index is -0.0799. The molecule has 0 saturated heterocycles. The van der Waals surface area contributed by atoms with E-state index < -0.39 is 0 Å². The maximum atomic E-state index is 13.3. The second-order valence-corrected chi connectivity index (χ2v) is 3.11. The molecule has 0 bridgehead atoms. The van der Waals surface area contributed by atoms with Crippen LogP contribution >= 0.6 is 0 Å². The maximum absolute atomic E-state index is 13.3. The molecule has 0 aliphatic heterocycles. The third-order valence-electron chi connectivity index (χ3n) is 2.22. The van der Waals surface area contributed by atoms with Crippen molar-refractivity contribution in [3.8, 4) is 0 Å². The van der Waals surface area contributed by atoms with Crippen LogP contribution in [0.3, 0.4) is 0 Å². The van der Waals surface area contributed by atoms with Crippen LogP contribution in [0, 0.1) is 0 Å². The lowest BCUT2D eigenvalue weighted by Crippen LogP contribution is -2.26. The largest absolute Gasteiger partial charge is 0.310 e.